The molecule has 0 heterocycles. The summed E-state index contributed by atoms with van der Waals surface area (Å²) in [5.74, 6) is 0. The first-order chi connectivity index (χ1) is 9.66. The molecule has 0 bridgehead atoms. The summed E-state index contributed by atoms with van der Waals surface area (Å²) in [6.07, 6.45) is 0.945. The molecule has 0 radical (unpaired) electrons. The van der Waals surface area contributed by atoms with Crippen molar-refractivity contribution < 1.29 is 10.0 Å². The van der Waals surface area contributed by atoms with Crippen molar-refractivity contribution in [1.82, 2.24) is 0 Å². The monoisotopic (exact) mass is 270 g/mol. The Kier molecular flexibility index (Phi) is 4.57. The smallest absolute Gasteiger partial charge is 0.269 e. The number of aliphatic hydroxyl groups excluding tert-OH is 1. The van der Waals surface area contributed by atoms with Gasteiger partial charge < -0.3 is 5.11 Å². The van der Waals surface area contributed by atoms with Gasteiger partial charge in [-0.3, -0.25) is 15.1 Å². The number of non-ortho nitro benzene ring substituents is 1. The van der Waals surface area contributed by atoms with Gasteiger partial charge in [0, 0.05) is 18.3 Å². The lowest BCUT2D eigenvalue weighted by molar-refractivity contribution is -0.384. The number of nitro benzene ring substituents is 1. The van der Waals surface area contributed by atoms with Crippen LogP contribution in [0.2, 0.25) is 0 Å². The van der Waals surface area contributed by atoms with Crippen molar-refractivity contribution in [2.45, 2.75) is 6.10 Å². The third-order valence-electron chi connectivity index (χ3n) is 2.81. The third-order valence-corrected chi connectivity index (χ3v) is 2.81. The van der Waals surface area contributed by atoms with Crippen LogP contribution in [0.15, 0.2) is 59.6 Å². The number of hydrogen-bond donors (Lipinski definition) is 1. The Balaban J connectivity index is 1.95. The van der Waals surface area contributed by atoms with Crippen LogP contribution < -0.4 is 0 Å². The maximum atomic E-state index is 10.5. The molecular weight excluding hydrogens is 256 g/mol. The number of rotatable bonds is 5. The van der Waals surface area contributed by atoms with Gasteiger partial charge >= 0.3 is 0 Å². The van der Waals surface area contributed by atoms with E-state index in [-0.39, 0.29) is 12.2 Å². The molecule has 0 aliphatic carbocycles. The molecule has 20 heavy (non-hydrogen) atoms. The van der Waals surface area contributed by atoms with E-state index in [0.717, 1.165) is 11.1 Å². The zero-order valence-electron chi connectivity index (χ0n) is 10.7. The number of aliphatic hydroxyl groups is 1. The Morgan fingerprint density at radius 1 is 1.15 bits per heavy atom. The molecule has 1 unspecified atom stereocenters. The Hall–Kier alpha value is -2.53. The summed E-state index contributed by atoms with van der Waals surface area (Å²) in [4.78, 5) is 14.2. The molecule has 0 aliphatic heterocycles. The van der Waals surface area contributed by atoms with Gasteiger partial charge in [-0.15, -0.1) is 0 Å². The van der Waals surface area contributed by atoms with E-state index in [1.807, 2.05) is 30.3 Å². The van der Waals surface area contributed by atoms with E-state index in [0.29, 0.717) is 0 Å². The molecule has 2 aromatic carbocycles. The van der Waals surface area contributed by atoms with Crippen molar-refractivity contribution in [3.8, 4) is 0 Å². The lowest BCUT2D eigenvalue weighted by atomic mass is 10.1. The summed E-state index contributed by atoms with van der Waals surface area (Å²) in [6, 6.07) is 15.4. The highest BCUT2D eigenvalue weighted by Gasteiger charge is 2.05. The number of nitrogens with zero attached hydrogens (tertiary/aromatic N) is 2. The fourth-order valence-corrected chi connectivity index (χ4v) is 1.72. The third kappa shape index (κ3) is 3.73. The predicted octanol–water partition coefficient (Wildman–Crippen LogP) is 2.75. The molecule has 0 aromatic heterocycles. The van der Waals surface area contributed by atoms with Gasteiger partial charge in [-0.2, -0.15) is 0 Å². The molecule has 0 amide bonds. The van der Waals surface area contributed by atoms with Gasteiger partial charge in [0.15, 0.2) is 0 Å². The molecule has 0 saturated carbocycles. The van der Waals surface area contributed by atoms with E-state index in [1.165, 1.54) is 12.1 Å². The molecule has 5 heteroatoms. The average molecular weight is 270 g/mol. The molecule has 1 atom stereocenters. The molecule has 102 valence electrons. The molecule has 0 spiro atoms. The van der Waals surface area contributed by atoms with Gasteiger partial charge in [-0.05, 0) is 23.3 Å². The van der Waals surface area contributed by atoms with Crippen LogP contribution in [0.3, 0.4) is 0 Å². The van der Waals surface area contributed by atoms with Crippen LogP contribution in [0.1, 0.15) is 17.2 Å². The molecule has 5 nitrogen and oxygen atoms in total. The molecule has 0 aliphatic rings. The lowest BCUT2D eigenvalue weighted by Crippen LogP contribution is -2.01. The van der Waals surface area contributed by atoms with Crippen molar-refractivity contribution in [3.63, 3.8) is 0 Å². The second-order valence-electron chi connectivity index (χ2n) is 4.27. The minimum atomic E-state index is -0.648. The Morgan fingerprint density at radius 3 is 2.40 bits per heavy atom. The lowest BCUT2D eigenvalue weighted by Gasteiger charge is -2.06. The molecule has 2 rings (SSSR count). The highest BCUT2D eigenvalue weighted by atomic mass is 16.6. The van der Waals surface area contributed by atoms with Crippen LogP contribution >= 0.6 is 0 Å². The first-order valence-electron chi connectivity index (χ1n) is 6.14. The van der Waals surface area contributed by atoms with Crippen molar-refractivity contribution in [3.05, 3.63) is 75.8 Å². The van der Waals surface area contributed by atoms with Crippen molar-refractivity contribution in [1.29, 1.82) is 0 Å². The highest BCUT2D eigenvalue weighted by molar-refractivity contribution is 5.79. The average Bonchev–Trinajstić information content (AvgIpc) is 2.48. The van der Waals surface area contributed by atoms with Gasteiger partial charge in [-0.1, -0.05) is 30.3 Å². The predicted molar refractivity (Wildman–Crippen MR) is 77.0 cm³/mol. The van der Waals surface area contributed by atoms with Crippen LogP contribution in [0.25, 0.3) is 0 Å². The molecule has 0 fully saturated rings. The quantitative estimate of drug-likeness (QED) is 0.515. The van der Waals surface area contributed by atoms with Crippen LogP contribution in [-0.4, -0.2) is 22.8 Å². The zero-order chi connectivity index (χ0) is 14.4. The summed E-state index contributed by atoms with van der Waals surface area (Å²) >= 11 is 0. The van der Waals surface area contributed by atoms with E-state index in [2.05, 4.69) is 4.99 Å². The molecule has 0 saturated heterocycles. The second kappa shape index (κ2) is 6.58. The SMILES string of the molecule is O=[N+]([O-])c1ccc(C=NCC(O)c2ccccc2)cc1. The fraction of sp³-hybridized carbons (Fsp3) is 0.133. The van der Waals surface area contributed by atoms with Gasteiger partial charge in [-0.25, -0.2) is 0 Å². The minimum Gasteiger partial charge on any atom is -0.386 e. The van der Waals surface area contributed by atoms with Gasteiger partial charge in [0.2, 0.25) is 0 Å². The molecule has 1 N–H and O–H groups in total. The largest absolute Gasteiger partial charge is 0.386 e. The van der Waals surface area contributed by atoms with Gasteiger partial charge in [0.25, 0.3) is 5.69 Å². The highest BCUT2D eigenvalue weighted by Crippen LogP contribution is 2.13. The molecular formula is C15H14N2O3. The van der Waals surface area contributed by atoms with E-state index < -0.39 is 11.0 Å². The topological polar surface area (TPSA) is 75.7 Å². The summed E-state index contributed by atoms with van der Waals surface area (Å²) < 4.78 is 0. The van der Waals surface area contributed by atoms with Gasteiger partial charge in [0.05, 0.1) is 17.6 Å². The van der Waals surface area contributed by atoms with Crippen LogP contribution in [0.5, 0.6) is 0 Å². The number of hydrogen-bond acceptors (Lipinski definition) is 4. The fourth-order valence-electron chi connectivity index (χ4n) is 1.72. The number of benzene rings is 2. The standard InChI is InChI=1S/C15H14N2O3/c18-15(13-4-2-1-3-5-13)11-16-10-12-6-8-14(9-7-12)17(19)20/h1-10,15,18H,11H2. The first kappa shape index (κ1) is 13.9. The first-order valence-corrected chi connectivity index (χ1v) is 6.14. The van der Waals surface area contributed by atoms with E-state index in [9.17, 15) is 15.2 Å². The van der Waals surface area contributed by atoms with Crippen LogP contribution in [0, 0.1) is 10.1 Å². The number of nitro groups is 1. The van der Waals surface area contributed by atoms with Gasteiger partial charge in [0.1, 0.15) is 0 Å². The van der Waals surface area contributed by atoms with E-state index in [4.69, 9.17) is 0 Å². The zero-order valence-corrected chi connectivity index (χ0v) is 10.7. The maximum Gasteiger partial charge on any atom is 0.269 e. The second-order valence-corrected chi connectivity index (χ2v) is 4.27. The normalized spacial score (nSPS) is 12.4. The summed E-state index contributed by atoms with van der Waals surface area (Å²) in [7, 11) is 0. The molecule has 2 aromatic rings. The Labute approximate surface area is 116 Å². The number of aliphatic imine (C=N–C) groups is 1. The Bertz CT molecular complexity index is 594. The minimum absolute atomic E-state index is 0.0477. The summed E-state index contributed by atoms with van der Waals surface area (Å²) in [6.45, 7) is 0.251. The van der Waals surface area contributed by atoms with Crippen LogP contribution in [-0.2, 0) is 0 Å². The van der Waals surface area contributed by atoms with Crippen LogP contribution in [0.4, 0.5) is 5.69 Å². The summed E-state index contributed by atoms with van der Waals surface area (Å²) in [5.41, 5.74) is 1.62. The Morgan fingerprint density at radius 2 is 1.80 bits per heavy atom. The van der Waals surface area contributed by atoms with Crippen molar-refractivity contribution in [2.75, 3.05) is 6.54 Å². The summed E-state index contributed by atoms with van der Waals surface area (Å²) in [5, 5.41) is 20.4. The van der Waals surface area contributed by atoms with E-state index in [1.54, 1.807) is 18.3 Å². The van der Waals surface area contributed by atoms with Crippen molar-refractivity contribution in [2.24, 2.45) is 4.99 Å². The van der Waals surface area contributed by atoms with E-state index >= 15 is 0 Å². The van der Waals surface area contributed by atoms with Crippen molar-refractivity contribution >= 4 is 11.9 Å². The maximum absolute atomic E-state index is 10.5.